The van der Waals surface area contributed by atoms with Crippen molar-refractivity contribution in [1.29, 1.82) is 0 Å². The van der Waals surface area contributed by atoms with Gasteiger partial charge in [-0.3, -0.25) is 14.9 Å². The minimum absolute atomic E-state index is 0.0270. The molecule has 26 heteroatoms. The number of Topliss-reactive ketones (excluding diaryl/α,β-unsaturated/α-hetero) is 1. The van der Waals surface area contributed by atoms with Crippen LogP contribution in [0.1, 0.15) is 69.4 Å². The summed E-state index contributed by atoms with van der Waals surface area (Å²) in [7, 11) is 0. The molecule has 2 aromatic rings. The number of ether oxygens (including phenoxy) is 9. The van der Waals surface area contributed by atoms with Crippen molar-refractivity contribution in [1.82, 2.24) is 5.32 Å². The first kappa shape index (κ1) is 57.0. The smallest absolute Gasteiger partial charge is 0.456 e. The standard InChI is InChI=1S/C46H46Cl9NO16/c1-21-25(67-36(60)31-29(23-12-8-6-9-13-23)56-37(69-31)46(53,54)55)17-43(63)34(71-35(59)24-14-10-7-11-15-24)32-41(5,33(58)30(28(21)40(43,3)4)70-39(62)66-20-45(50,51)52)26(68-38(61)65-19-44(47,48)49)16-27-42(32,18-64-27)72-22(2)57/h6-15,25-27,29-32,34,37,56,63H,16-20H2,1-5H3/t25-,26-,27+,29-,30+,31+,32-,34-,37+,41+,42-,43+/m0/s1. The van der Waals surface area contributed by atoms with Crippen molar-refractivity contribution in [2.75, 3.05) is 19.8 Å². The molecular weight excluding hydrogens is 1140 g/mol. The van der Waals surface area contributed by atoms with Crippen LogP contribution in [0.2, 0.25) is 0 Å². The molecule has 72 heavy (non-hydrogen) atoms. The maximum absolute atomic E-state index is 16.3. The molecule has 0 aromatic heterocycles. The number of hydrogen-bond acceptors (Lipinski definition) is 17. The lowest BCUT2D eigenvalue weighted by molar-refractivity contribution is -0.346. The molecule has 2 heterocycles. The van der Waals surface area contributed by atoms with Crippen LogP contribution in [0.5, 0.6) is 0 Å². The number of halogens is 9. The summed E-state index contributed by atoms with van der Waals surface area (Å²) in [5, 5.41) is 17.1. The van der Waals surface area contributed by atoms with Crippen LogP contribution in [0.25, 0.3) is 0 Å². The maximum atomic E-state index is 16.3. The van der Waals surface area contributed by atoms with Gasteiger partial charge in [0.2, 0.25) is 11.4 Å². The number of alkyl halides is 9. The summed E-state index contributed by atoms with van der Waals surface area (Å²) in [4.78, 5) is 86.5. The molecule has 2 saturated heterocycles. The normalized spacial score (nSPS) is 33.1. The first-order chi connectivity index (χ1) is 33.3. The molecule has 5 aliphatic rings. The van der Waals surface area contributed by atoms with Crippen molar-refractivity contribution >= 4 is 140 Å². The second kappa shape index (κ2) is 21.0. The fourth-order valence-electron chi connectivity index (χ4n) is 10.6. The fourth-order valence-corrected chi connectivity index (χ4v) is 11.3. The molecule has 0 amide bonds. The second-order valence-electron chi connectivity index (χ2n) is 18.6. The number of hydrogen-bond donors (Lipinski definition) is 2. The van der Waals surface area contributed by atoms with Crippen LogP contribution in [0, 0.1) is 16.7 Å². The van der Waals surface area contributed by atoms with Gasteiger partial charge in [0.15, 0.2) is 29.8 Å². The molecule has 394 valence electrons. The van der Waals surface area contributed by atoms with Crippen LogP contribution in [-0.4, -0.2) is 126 Å². The highest BCUT2D eigenvalue weighted by Crippen LogP contribution is 2.65. The van der Waals surface area contributed by atoms with E-state index in [0.717, 1.165) is 6.92 Å². The summed E-state index contributed by atoms with van der Waals surface area (Å²) >= 11 is 54.2. The summed E-state index contributed by atoms with van der Waals surface area (Å²) in [6.45, 7) is 4.54. The van der Waals surface area contributed by atoms with Gasteiger partial charge in [-0.2, -0.15) is 0 Å². The van der Waals surface area contributed by atoms with E-state index >= 15 is 4.79 Å². The average molecular weight is 1190 g/mol. The van der Waals surface area contributed by atoms with E-state index in [-0.39, 0.29) is 16.7 Å². The third-order valence-corrected chi connectivity index (χ3v) is 15.1. The molecule has 3 aliphatic carbocycles. The number of carbonyl (C=O) groups excluding carboxylic acids is 6. The Kier molecular flexibility index (Phi) is 16.6. The molecule has 17 nitrogen and oxygen atoms in total. The largest absolute Gasteiger partial charge is 0.509 e. The van der Waals surface area contributed by atoms with E-state index in [9.17, 15) is 29.1 Å². The molecular formula is C46H46Cl9NO16. The highest BCUT2D eigenvalue weighted by atomic mass is 35.6. The van der Waals surface area contributed by atoms with E-state index in [0.29, 0.717) is 5.56 Å². The van der Waals surface area contributed by atoms with Crippen LogP contribution in [0.15, 0.2) is 71.8 Å². The Morgan fingerprint density at radius 3 is 1.90 bits per heavy atom. The van der Waals surface area contributed by atoms with Gasteiger partial charge in [0, 0.05) is 25.2 Å². The molecule has 12 atom stereocenters. The van der Waals surface area contributed by atoms with E-state index in [4.69, 9.17) is 147 Å². The van der Waals surface area contributed by atoms with Gasteiger partial charge in [0.05, 0.1) is 29.5 Å². The number of fused-ring (bicyclic) bond motifs is 5. The van der Waals surface area contributed by atoms with E-state index in [1.807, 2.05) is 0 Å². The minimum Gasteiger partial charge on any atom is -0.456 e. The highest BCUT2D eigenvalue weighted by Gasteiger charge is 2.79. The number of ketones is 1. The Hall–Kier alpha value is -2.75. The minimum atomic E-state index is -2.59. The van der Waals surface area contributed by atoms with Gasteiger partial charge in [-0.25, -0.2) is 19.2 Å². The van der Waals surface area contributed by atoms with Crippen LogP contribution in [0.4, 0.5) is 9.59 Å². The predicted molar refractivity (Wildman–Crippen MR) is 261 cm³/mol. The topological polar surface area (TPSA) is 218 Å². The van der Waals surface area contributed by atoms with Gasteiger partial charge in [-0.1, -0.05) is 167 Å². The maximum Gasteiger partial charge on any atom is 0.509 e. The van der Waals surface area contributed by atoms with E-state index < -0.39 is 157 Å². The molecule has 0 radical (unpaired) electrons. The number of aliphatic hydroxyl groups is 1. The summed E-state index contributed by atoms with van der Waals surface area (Å²) in [5.74, 6) is -5.93. The zero-order valence-corrected chi connectivity index (χ0v) is 45.3. The van der Waals surface area contributed by atoms with Crippen molar-refractivity contribution in [3.63, 3.8) is 0 Å². The Balaban J connectivity index is 1.46. The quantitative estimate of drug-likeness (QED) is 0.0981. The van der Waals surface area contributed by atoms with Crippen LogP contribution < -0.4 is 5.32 Å². The molecule has 0 spiro atoms. The van der Waals surface area contributed by atoms with Crippen molar-refractivity contribution in [3.8, 4) is 0 Å². The lowest BCUT2D eigenvalue weighted by Gasteiger charge is -2.67. The monoisotopic (exact) mass is 1180 g/mol. The molecule has 2 aliphatic heterocycles. The van der Waals surface area contributed by atoms with Crippen molar-refractivity contribution < 1.29 is 76.5 Å². The number of esters is 3. The van der Waals surface area contributed by atoms with Crippen LogP contribution >= 0.6 is 104 Å². The van der Waals surface area contributed by atoms with Crippen molar-refractivity contribution in [2.24, 2.45) is 16.7 Å². The van der Waals surface area contributed by atoms with E-state index in [1.54, 1.807) is 48.5 Å². The number of nitrogens with one attached hydrogen (secondary N) is 1. The molecule has 2 saturated carbocycles. The first-order valence-electron chi connectivity index (χ1n) is 21.9. The number of benzene rings is 2. The van der Waals surface area contributed by atoms with Crippen molar-refractivity contribution in [3.05, 3.63) is 82.9 Å². The predicted octanol–water partition coefficient (Wildman–Crippen LogP) is 9.12. The number of rotatable bonds is 10. The molecule has 7 rings (SSSR count). The zero-order valence-electron chi connectivity index (χ0n) is 38.5. The Morgan fingerprint density at radius 1 is 0.806 bits per heavy atom. The Labute approximate surface area is 457 Å². The van der Waals surface area contributed by atoms with Gasteiger partial charge in [0.1, 0.15) is 43.2 Å². The summed E-state index contributed by atoms with van der Waals surface area (Å²) < 4.78 is 46.7. The average Bonchev–Trinajstić information content (AvgIpc) is 3.75. The third kappa shape index (κ3) is 11.2. The number of carbonyl (C=O) groups is 6. The van der Waals surface area contributed by atoms with E-state index in [2.05, 4.69) is 5.32 Å². The van der Waals surface area contributed by atoms with Crippen LogP contribution in [-0.2, 0) is 57.0 Å². The summed E-state index contributed by atoms with van der Waals surface area (Å²) in [5.41, 5.74) is -8.54. The summed E-state index contributed by atoms with van der Waals surface area (Å²) in [6, 6.07) is 15.1. The Morgan fingerprint density at radius 2 is 1.38 bits per heavy atom. The lowest BCUT2D eigenvalue weighted by Crippen LogP contribution is -2.82. The first-order valence-corrected chi connectivity index (χ1v) is 25.3. The van der Waals surface area contributed by atoms with E-state index in [1.165, 1.54) is 39.8 Å². The van der Waals surface area contributed by atoms with Gasteiger partial charge in [-0.15, -0.1) is 0 Å². The van der Waals surface area contributed by atoms with Crippen LogP contribution in [0.3, 0.4) is 0 Å². The highest BCUT2D eigenvalue weighted by molar-refractivity contribution is 6.68. The lowest BCUT2D eigenvalue weighted by atomic mass is 9.44. The van der Waals surface area contributed by atoms with Gasteiger partial charge in [-0.05, 0) is 42.7 Å². The zero-order chi connectivity index (χ0) is 53.1. The second-order valence-corrected chi connectivity index (χ2v) is 26.0. The van der Waals surface area contributed by atoms with Gasteiger partial charge in [0.25, 0.3) is 0 Å². The van der Waals surface area contributed by atoms with Crippen molar-refractivity contribution in [2.45, 2.75) is 119 Å². The third-order valence-electron chi connectivity index (χ3n) is 13.9. The molecule has 2 bridgehead atoms. The fraction of sp³-hybridized carbons (Fsp3) is 0.565. The molecule has 2 aromatic carbocycles. The van der Waals surface area contributed by atoms with Gasteiger partial charge >= 0.3 is 30.2 Å². The summed E-state index contributed by atoms with van der Waals surface area (Å²) in [6.07, 6.45) is -15.8. The molecule has 4 fully saturated rings. The SMILES string of the molecule is CC(=O)O[C@@]12CO[C@@H]1C[C@H](OC(=O)OCC(Cl)(Cl)Cl)[C@@]1(C)C(=O)[C@H](OC(=O)OCC(Cl)(Cl)Cl)C3=C(C)[C@@H](OC(=O)[C@@H]4O[C@H](C(Cl)(Cl)Cl)N[C@H]4c4ccccc4)C[C@@](O)([C@@H](OC(=O)c4ccccc4)[C@H]21)C3(C)C. The molecule has 2 N–H and O–H groups in total. The van der Waals surface area contributed by atoms with Gasteiger partial charge < -0.3 is 47.7 Å². The molecule has 0 unspecified atom stereocenters. The Bertz CT molecular complexity index is 2470.